The third-order valence-corrected chi connectivity index (χ3v) is 2.86. The van der Waals surface area contributed by atoms with Gasteiger partial charge in [0.15, 0.2) is 3.95 Å². The molecule has 82 valence electrons. The molecule has 0 bridgehead atoms. The summed E-state index contributed by atoms with van der Waals surface area (Å²) in [5.74, 6) is 0.826. The van der Waals surface area contributed by atoms with Crippen LogP contribution >= 0.6 is 23.6 Å². The SMILES string of the molecule is COc1ccc(C=Nc2n[nH]c(=S)s2)cc1. The van der Waals surface area contributed by atoms with Crippen molar-refractivity contribution >= 4 is 34.9 Å². The molecule has 0 aliphatic carbocycles. The maximum atomic E-state index is 5.06. The van der Waals surface area contributed by atoms with Crippen LogP contribution in [0.5, 0.6) is 5.75 Å². The quantitative estimate of drug-likeness (QED) is 0.674. The lowest BCUT2D eigenvalue weighted by Crippen LogP contribution is -1.84. The van der Waals surface area contributed by atoms with E-state index in [4.69, 9.17) is 17.0 Å². The van der Waals surface area contributed by atoms with Crippen LogP contribution in [0.2, 0.25) is 0 Å². The van der Waals surface area contributed by atoms with E-state index in [1.165, 1.54) is 11.3 Å². The van der Waals surface area contributed by atoms with Gasteiger partial charge in [0.2, 0.25) is 5.13 Å². The highest BCUT2D eigenvalue weighted by atomic mass is 32.1. The topological polar surface area (TPSA) is 50.3 Å². The van der Waals surface area contributed by atoms with E-state index in [0.29, 0.717) is 9.09 Å². The van der Waals surface area contributed by atoms with Gasteiger partial charge < -0.3 is 4.74 Å². The Morgan fingerprint density at radius 2 is 2.19 bits per heavy atom. The highest BCUT2D eigenvalue weighted by molar-refractivity contribution is 7.73. The number of ether oxygens (including phenoxy) is 1. The average molecular weight is 251 g/mol. The Bertz CT molecular complexity index is 542. The molecule has 0 aliphatic rings. The van der Waals surface area contributed by atoms with Crippen LogP contribution in [0.4, 0.5) is 5.13 Å². The summed E-state index contributed by atoms with van der Waals surface area (Å²) in [6.07, 6.45) is 1.74. The molecule has 16 heavy (non-hydrogen) atoms. The van der Waals surface area contributed by atoms with Crippen molar-refractivity contribution in [3.63, 3.8) is 0 Å². The second-order valence-electron chi connectivity index (χ2n) is 2.93. The first-order valence-corrected chi connectivity index (χ1v) is 5.74. The average Bonchev–Trinajstić information content (AvgIpc) is 2.73. The van der Waals surface area contributed by atoms with E-state index in [2.05, 4.69) is 15.2 Å². The van der Waals surface area contributed by atoms with Crippen LogP contribution in [0.15, 0.2) is 29.3 Å². The van der Waals surface area contributed by atoms with E-state index in [0.717, 1.165) is 11.3 Å². The molecule has 0 radical (unpaired) electrons. The number of methoxy groups -OCH3 is 1. The summed E-state index contributed by atoms with van der Waals surface area (Å²) in [6, 6.07) is 7.62. The molecule has 0 atom stereocenters. The lowest BCUT2D eigenvalue weighted by Gasteiger charge is -1.98. The van der Waals surface area contributed by atoms with Gasteiger partial charge in [0, 0.05) is 6.21 Å². The monoisotopic (exact) mass is 251 g/mol. The van der Waals surface area contributed by atoms with Gasteiger partial charge in [-0.05, 0) is 42.0 Å². The molecule has 0 saturated carbocycles. The Kier molecular flexibility index (Phi) is 3.43. The van der Waals surface area contributed by atoms with Crippen molar-refractivity contribution < 1.29 is 4.74 Å². The normalized spacial score (nSPS) is 10.8. The lowest BCUT2D eigenvalue weighted by molar-refractivity contribution is 0.415. The predicted octanol–water partition coefficient (Wildman–Crippen LogP) is 2.96. The first-order chi connectivity index (χ1) is 7.78. The minimum absolute atomic E-state index is 0.626. The van der Waals surface area contributed by atoms with Crippen LogP contribution < -0.4 is 4.74 Å². The molecule has 0 aliphatic heterocycles. The molecule has 0 unspecified atom stereocenters. The summed E-state index contributed by atoms with van der Waals surface area (Å²) < 4.78 is 5.69. The van der Waals surface area contributed by atoms with Gasteiger partial charge in [0.1, 0.15) is 5.75 Å². The molecule has 0 saturated heterocycles. The van der Waals surface area contributed by atoms with E-state index in [9.17, 15) is 0 Å². The first-order valence-electron chi connectivity index (χ1n) is 4.51. The standard InChI is InChI=1S/C10H9N3OS2/c1-14-8-4-2-7(3-5-8)6-11-9-12-13-10(15)16-9/h2-6H,1H3,(H,13,15). The molecule has 0 amide bonds. The summed E-state index contributed by atoms with van der Waals surface area (Å²) in [6.45, 7) is 0. The summed E-state index contributed by atoms with van der Waals surface area (Å²) in [7, 11) is 1.64. The van der Waals surface area contributed by atoms with Crippen molar-refractivity contribution in [3.05, 3.63) is 33.8 Å². The second-order valence-corrected chi connectivity index (χ2v) is 4.57. The fourth-order valence-corrected chi connectivity index (χ4v) is 1.82. The molecule has 0 spiro atoms. The van der Waals surface area contributed by atoms with Crippen LogP contribution in [0, 0.1) is 3.95 Å². The number of aromatic amines is 1. The van der Waals surface area contributed by atoms with Crippen molar-refractivity contribution in [2.24, 2.45) is 4.99 Å². The highest BCUT2D eigenvalue weighted by Crippen LogP contribution is 2.15. The van der Waals surface area contributed by atoms with Crippen LogP contribution in [0.25, 0.3) is 0 Å². The number of H-pyrrole nitrogens is 1. The smallest absolute Gasteiger partial charge is 0.230 e. The van der Waals surface area contributed by atoms with E-state index in [1.807, 2.05) is 24.3 Å². The molecule has 2 aromatic rings. The van der Waals surface area contributed by atoms with Gasteiger partial charge in [-0.3, -0.25) is 5.10 Å². The van der Waals surface area contributed by atoms with E-state index < -0.39 is 0 Å². The summed E-state index contributed by atoms with van der Waals surface area (Å²) >= 11 is 6.25. The maximum absolute atomic E-state index is 5.06. The number of aromatic nitrogens is 2. The Morgan fingerprint density at radius 1 is 1.44 bits per heavy atom. The fourth-order valence-electron chi connectivity index (χ4n) is 1.10. The molecule has 1 N–H and O–H groups in total. The molecule has 6 heteroatoms. The molecule has 1 aromatic carbocycles. The number of hydrogen-bond donors (Lipinski definition) is 1. The van der Waals surface area contributed by atoms with Crippen LogP contribution in [-0.4, -0.2) is 23.5 Å². The van der Waals surface area contributed by atoms with Crippen molar-refractivity contribution in [1.29, 1.82) is 0 Å². The number of rotatable bonds is 3. The highest BCUT2D eigenvalue weighted by Gasteiger charge is 1.93. The number of nitrogens with zero attached hydrogens (tertiary/aromatic N) is 2. The maximum Gasteiger partial charge on any atom is 0.230 e. The largest absolute Gasteiger partial charge is 0.497 e. The lowest BCUT2D eigenvalue weighted by atomic mass is 10.2. The molecule has 1 aromatic heterocycles. The summed E-state index contributed by atoms with van der Waals surface area (Å²) in [5.41, 5.74) is 0.988. The van der Waals surface area contributed by atoms with Gasteiger partial charge in [0.25, 0.3) is 0 Å². The Labute approximate surface area is 102 Å². The molecular weight excluding hydrogens is 242 g/mol. The molecule has 2 rings (SSSR count). The van der Waals surface area contributed by atoms with E-state index >= 15 is 0 Å². The minimum Gasteiger partial charge on any atom is -0.497 e. The van der Waals surface area contributed by atoms with Gasteiger partial charge in [0.05, 0.1) is 7.11 Å². The van der Waals surface area contributed by atoms with Crippen LogP contribution in [0.3, 0.4) is 0 Å². The Balaban J connectivity index is 2.14. The number of nitrogens with one attached hydrogen (secondary N) is 1. The fraction of sp³-hybridized carbons (Fsp3) is 0.100. The Morgan fingerprint density at radius 3 is 2.75 bits per heavy atom. The second kappa shape index (κ2) is 5.00. The van der Waals surface area contributed by atoms with Gasteiger partial charge in [-0.1, -0.05) is 11.3 Å². The van der Waals surface area contributed by atoms with Crippen molar-refractivity contribution in [1.82, 2.24) is 10.2 Å². The van der Waals surface area contributed by atoms with Gasteiger partial charge in [-0.25, -0.2) is 4.99 Å². The van der Waals surface area contributed by atoms with Crippen molar-refractivity contribution in [2.75, 3.05) is 7.11 Å². The zero-order valence-corrected chi connectivity index (χ0v) is 10.1. The zero-order valence-electron chi connectivity index (χ0n) is 8.51. The minimum atomic E-state index is 0.626. The number of hydrogen-bond acceptors (Lipinski definition) is 5. The van der Waals surface area contributed by atoms with Crippen LogP contribution in [-0.2, 0) is 0 Å². The Hall–Kier alpha value is -1.53. The van der Waals surface area contributed by atoms with E-state index in [-0.39, 0.29) is 0 Å². The molecule has 4 nitrogen and oxygen atoms in total. The third kappa shape index (κ3) is 2.74. The number of benzene rings is 1. The van der Waals surface area contributed by atoms with Crippen LogP contribution in [0.1, 0.15) is 5.56 Å². The van der Waals surface area contributed by atoms with Crippen molar-refractivity contribution in [3.8, 4) is 5.75 Å². The third-order valence-electron chi connectivity index (χ3n) is 1.87. The molecule has 1 heterocycles. The van der Waals surface area contributed by atoms with Gasteiger partial charge >= 0.3 is 0 Å². The number of aliphatic imine (C=N–C) groups is 1. The van der Waals surface area contributed by atoms with Crippen molar-refractivity contribution in [2.45, 2.75) is 0 Å². The predicted molar refractivity (Wildman–Crippen MR) is 67.5 cm³/mol. The van der Waals surface area contributed by atoms with Gasteiger partial charge in [-0.2, -0.15) is 0 Å². The zero-order chi connectivity index (χ0) is 11.4. The molecule has 0 fully saturated rings. The van der Waals surface area contributed by atoms with E-state index in [1.54, 1.807) is 13.3 Å². The summed E-state index contributed by atoms with van der Waals surface area (Å²) in [4.78, 5) is 4.20. The van der Waals surface area contributed by atoms with Gasteiger partial charge in [-0.15, -0.1) is 5.10 Å². The summed E-state index contributed by atoms with van der Waals surface area (Å²) in [5, 5.41) is 7.23. The molecular formula is C10H9N3OS2. The first kappa shape index (κ1) is 11.0.